The summed E-state index contributed by atoms with van der Waals surface area (Å²) in [6.45, 7) is 12.0. The molecule has 83 heavy (non-hydrogen) atoms. The van der Waals surface area contributed by atoms with Gasteiger partial charge in [0, 0.05) is 92.2 Å². The fourth-order valence-corrected chi connectivity index (χ4v) is 13.5. The molecule has 21 heteroatoms. The number of aromatic nitrogens is 2. The van der Waals surface area contributed by atoms with Crippen LogP contribution in [0.15, 0.2) is 114 Å². The highest BCUT2D eigenvalue weighted by atomic mass is 35.5. The van der Waals surface area contributed by atoms with Crippen LogP contribution >= 0.6 is 11.6 Å². The molecule has 434 valence electrons. The molecule has 2 aromatic heterocycles. The number of nitro benzene ring substituents is 1. The Labute approximate surface area is 488 Å². The lowest BCUT2D eigenvalue weighted by atomic mass is 9.72. The predicted molar refractivity (Wildman–Crippen MR) is 318 cm³/mol. The van der Waals surface area contributed by atoms with Crippen molar-refractivity contribution in [1.29, 1.82) is 0 Å². The molecule has 19 nitrogen and oxygen atoms in total. The fraction of sp³-hybridized carbons (Fsp3) is 0.403. The molecule has 0 saturated carbocycles. The Hall–Kier alpha value is -7.65. The van der Waals surface area contributed by atoms with Crippen molar-refractivity contribution < 1.29 is 37.3 Å². The molecule has 6 heterocycles. The number of ether oxygens (including phenoxy) is 1. The number of aryl methyl sites for hydroxylation is 1. The lowest BCUT2D eigenvalue weighted by Gasteiger charge is -2.39. The highest BCUT2D eigenvalue weighted by molar-refractivity contribution is 7.90. The van der Waals surface area contributed by atoms with Crippen molar-refractivity contribution in [2.75, 3.05) is 69.1 Å². The molecule has 3 saturated heterocycles. The Kier molecular flexibility index (Phi) is 16.7. The number of hydrogen-bond acceptors (Lipinski definition) is 14. The number of hydrogen-bond donors (Lipinski definition) is 4. The van der Waals surface area contributed by atoms with Crippen LogP contribution < -0.4 is 25.0 Å². The maximum atomic E-state index is 14.2. The number of allylic oxidation sites excluding steroid dienone is 1. The largest absolute Gasteiger partial charge is 0.455 e. The third-order valence-corrected chi connectivity index (χ3v) is 18.8. The van der Waals surface area contributed by atoms with Gasteiger partial charge < -0.3 is 29.7 Å². The number of H-pyrrole nitrogens is 1. The van der Waals surface area contributed by atoms with Crippen LogP contribution in [-0.2, 0) is 32.6 Å². The van der Waals surface area contributed by atoms with Gasteiger partial charge in [0.05, 0.1) is 21.6 Å². The monoisotopic (exact) mass is 1160 g/mol. The summed E-state index contributed by atoms with van der Waals surface area (Å²) < 4.78 is 36.5. The highest BCUT2D eigenvalue weighted by Crippen LogP contribution is 2.44. The molecule has 0 radical (unpaired) electrons. The zero-order valence-corrected chi connectivity index (χ0v) is 48.3. The van der Waals surface area contributed by atoms with Crippen LogP contribution in [0.2, 0.25) is 5.02 Å². The molecule has 1 unspecified atom stereocenters. The number of nitrogens with zero attached hydrogens (tertiary/aromatic N) is 6. The summed E-state index contributed by atoms with van der Waals surface area (Å²) in [4.78, 5) is 79.3. The van der Waals surface area contributed by atoms with E-state index in [0.717, 1.165) is 124 Å². The van der Waals surface area contributed by atoms with Crippen LogP contribution in [-0.4, -0.2) is 127 Å². The minimum absolute atomic E-state index is 0.0544. The molecule has 11 rings (SSSR count). The van der Waals surface area contributed by atoms with Gasteiger partial charge in [0.2, 0.25) is 11.8 Å². The van der Waals surface area contributed by atoms with Crippen molar-refractivity contribution in [2.24, 2.45) is 11.3 Å². The Bertz CT molecular complexity index is 3630. The van der Waals surface area contributed by atoms with Gasteiger partial charge in [0.25, 0.3) is 27.5 Å². The number of fused-ring (bicyclic) bond motifs is 2. The van der Waals surface area contributed by atoms with E-state index in [-0.39, 0.29) is 46.6 Å². The summed E-state index contributed by atoms with van der Waals surface area (Å²) in [5, 5.41) is 19.5. The van der Waals surface area contributed by atoms with Gasteiger partial charge in [0.15, 0.2) is 0 Å². The average Bonchev–Trinajstić information content (AvgIpc) is 4.23. The van der Waals surface area contributed by atoms with Gasteiger partial charge in [-0.2, -0.15) is 0 Å². The number of nitro groups is 1. The van der Waals surface area contributed by atoms with Gasteiger partial charge in [-0.1, -0.05) is 55.3 Å². The van der Waals surface area contributed by atoms with Crippen molar-refractivity contribution >= 4 is 78.9 Å². The number of anilines is 2. The second-order valence-corrected chi connectivity index (χ2v) is 25.5. The van der Waals surface area contributed by atoms with E-state index in [0.29, 0.717) is 49.6 Å². The lowest BCUT2D eigenvalue weighted by Crippen LogP contribution is -2.52. The van der Waals surface area contributed by atoms with Crippen molar-refractivity contribution in [2.45, 2.75) is 95.5 Å². The minimum atomic E-state index is -4.63. The van der Waals surface area contributed by atoms with E-state index in [1.807, 2.05) is 36.4 Å². The first-order valence-electron chi connectivity index (χ1n) is 28.7. The first-order chi connectivity index (χ1) is 39.9. The van der Waals surface area contributed by atoms with Crippen LogP contribution in [0.4, 0.5) is 17.1 Å². The Morgan fingerprint density at radius 2 is 1.70 bits per heavy atom. The number of rotatable bonds is 19. The Morgan fingerprint density at radius 3 is 2.47 bits per heavy atom. The van der Waals surface area contributed by atoms with Gasteiger partial charge in [-0.3, -0.25) is 39.5 Å². The summed E-state index contributed by atoms with van der Waals surface area (Å²) >= 11 is 6.27. The van der Waals surface area contributed by atoms with Gasteiger partial charge >= 0.3 is 0 Å². The fourth-order valence-electron chi connectivity index (χ4n) is 12.4. The molecule has 0 bridgehead atoms. The van der Waals surface area contributed by atoms with Crippen molar-refractivity contribution in [3.05, 3.63) is 152 Å². The van der Waals surface area contributed by atoms with Crippen LogP contribution in [0.5, 0.6) is 11.5 Å². The number of carbonyl (C=O) groups excluding carboxylic acids is 4. The molecule has 4 aromatic carbocycles. The van der Waals surface area contributed by atoms with Crippen LogP contribution in [0.25, 0.3) is 16.6 Å². The second kappa shape index (κ2) is 24.3. The van der Waals surface area contributed by atoms with Crippen LogP contribution in [0.1, 0.15) is 109 Å². The molecule has 4 aliphatic heterocycles. The number of amides is 4. The quantitative estimate of drug-likeness (QED) is 0.0256. The van der Waals surface area contributed by atoms with Crippen molar-refractivity contribution in [3.63, 3.8) is 0 Å². The SMILES string of the molecule is CC1(C)CCC(CN2CCN(c3ccc(C(=O)NS(=O)(=O)c4ccc(NCC5CCN(CCCCc6cccc7c6CN(C6CCC(=O)NC6=O)C7=O)CC5)c([N+](=O)[O-])c4)c(Oc4cnc5[nH]ccc5c4)c3)CC2)=C(c2ccc(Cl)cc2)C1. The first kappa shape index (κ1) is 57.2. The highest BCUT2D eigenvalue weighted by Gasteiger charge is 2.40. The number of sulfonamides is 1. The standard InChI is InChI=1S/C62H69ClN10O9S/c1-62(2)23-19-44(51(35-62)42-9-11-45(63)12-10-42)38-70-28-30-71(31-29-70)46-13-15-50(56(33-46)82-47-32-43-20-24-64-58(43)66-37-47)59(75)68-83(80,81)48-14-16-53(55(34-48)73(78)79)65-36-40-21-26-69(27-22-40)25-4-3-6-41-7-5-8-49-52(41)39-72(61(49)77)54-17-18-57(74)67-60(54)76/h5,7-16,20,24,32-34,37,40,54,65H,3-4,6,17-19,21-23,25-31,35-36,38-39H2,1-2H3,(H,64,66)(H,68,75)(H,67,74,76). The number of likely N-dealkylation sites (tertiary alicyclic amines) is 1. The predicted octanol–water partition coefficient (Wildman–Crippen LogP) is 9.73. The third-order valence-electron chi connectivity index (χ3n) is 17.2. The molecule has 5 aliphatic rings. The van der Waals surface area contributed by atoms with Crippen molar-refractivity contribution in [3.8, 4) is 11.5 Å². The Morgan fingerprint density at radius 1 is 0.904 bits per heavy atom. The molecule has 1 aliphatic carbocycles. The number of benzene rings is 4. The number of piperidine rings is 2. The Balaban J connectivity index is 0.693. The van der Waals surface area contributed by atoms with Crippen LogP contribution in [0, 0.1) is 21.4 Å². The van der Waals surface area contributed by atoms with E-state index >= 15 is 0 Å². The normalized spacial score (nSPS) is 19.0. The summed E-state index contributed by atoms with van der Waals surface area (Å²) in [5.41, 5.74) is 8.09. The molecule has 3 fully saturated rings. The summed E-state index contributed by atoms with van der Waals surface area (Å²) in [6, 6.07) is 25.5. The van der Waals surface area contributed by atoms with Crippen molar-refractivity contribution in [1.82, 2.24) is 34.7 Å². The molecule has 1 atom stereocenters. The van der Waals surface area contributed by atoms with E-state index in [4.69, 9.17) is 16.3 Å². The molecular formula is C62H69ClN10O9S. The van der Waals surface area contributed by atoms with Gasteiger partial charge in [-0.25, -0.2) is 18.1 Å². The van der Waals surface area contributed by atoms with E-state index < -0.39 is 43.4 Å². The summed E-state index contributed by atoms with van der Waals surface area (Å²) in [5.74, 6) is -1.20. The molecule has 4 amide bonds. The maximum Gasteiger partial charge on any atom is 0.293 e. The molecular weight excluding hydrogens is 1100 g/mol. The van der Waals surface area contributed by atoms with E-state index in [2.05, 4.69) is 66.0 Å². The number of halogens is 1. The number of carbonyl (C=O) groups is 4. The number of imide groups is 1. The summed E-state index contributed by atoms with van der Waals surface area (Å²) in [6.07, 6.45) is 11.4. The lowest BCUT2D eigenvalue weighted by molar-refractivity contribution is -0.384. The minimum Gasteiger partial charge on any atom is -0.455 e. The van der Waals surface area contributed by atoms with E-state index in [9.17, 15) is 37.7 Å². The first-order valence-corrected chi connectivity index (χ1v) is 30.6. The van der Waals surface area contributed by atoms with Crippen LogP contribution in [0.3, 0.4) is 0 Å². The maximum absolute atomic E-state index is 14.2. The zero-order chi connectivity index (χ0) is 58.0. The topological polar surface area (TPSA) is 233 Å². The summed E-state index contributed by atoms with van der Waals surface area (Å²) in [7, 11) is -4.63. The number of pyridine rings is 1. The van der Waals surface area contributed by atoms with Gasteiger partial charge in [-0.05, 0) is 166 Å². The number of unbranched alkanes of at least 4 members (excludes halogenated alkanes) is 1. The van der Waals surface area contributed by atoms with Gasteiger partial charge in [0.1, 0.15) is 28.9 Å². The third kappa shape index (κ3) is 13.1. The zero-order valence-electron chi connectivity index (χ0n) is 46.8. The molecule has 4 N–H and O–H groups in total. The second-order valence-electron chi connectivity index (χ2n) is 23.4. The smallest absolute Gasteiger partial charge is 0.293 e. The van der Waals surface area contributed by atoms with E-state index in [1.54, 1.807) is 35.4 Å². The number of aromatic amines is 1. The average molecular weight is 1170 g/mol. The molecule has 0 spiro atoms. The number of piperazine rings is 1. The van der Waals surface area contributed by atoms with E-state index in [1.165, 1.54) is 35.0 Å². The molecule has 6 aromatic rings. The van der Waals surface area contributed by atoms with Gasteiger partial charge in [-0.15, -0.1) is 0 Å². The number of nitrogens with one attached hydrogen (secondary N) is 4.